The highest BCUT2D eigenvalue weighted by molar-refractivity contribution is 5.34. The van der Waals surface area contributed by atoms with E-state index in [2.05, 4.69) is 11.2 Å². The lowest BCUT2D eigenvalue weighted by atomic mass is 10.2. The molecule has 0 N–H and O–H groups in total. The highest BCUT2D eigenvalue weighted by atomic mass is 16.5. The van der Waals surface area contributed by atoms with Gasteiger partial charge >= 0.3 is 0 Å². The number of aryl methyl sites for hydroxylation is 1. The minimum Gasteiger partial charge on any atom is -0.494 e. The number of hydrogen-bond acceptors (Lipinski definition) is 3. The molecule has 1 heterocycles. The molecule has 2 aromatic rings. The van der Waals surface area contributed by atoms with Gasteiger partial charge in [0.2, 0.25) is 0 Å². The van der Waals surface area contributed by atoms with Crippen LogP contribution in [0.4, 0.5) is 0 Å². The third-order valence-corrected chi connectivity index (χ3v) is 2.34. The van der Waals surface area contributed by atoms with Crippen molar-refractivity contribution in [2.75, 3.05) is 6.61 Å². The van der Waals surface area contributed by atoms with E-state index in [0.29, 0.717) is 12.2 Å². The van der Waals surface area contributed by atoms with Crippen LogP contribution >= 0.6 is 0 Å². The fourth-order valence-corrected chi connectivity index (χ4v) is 1.47. The lowest BCUT2D eigenvalue weighted by Crippen LogP contribution is -2.04. The molecule has 86 valence electrons. The topological polar surface area (TPSA) is 50.8 Å². The van der Waals surface area contributed by atoms with E-state index in [-0.39, 0.29) is 0 Å². The average molecular weight is 227 g/mol. The second kappa shape index (κ2) is 5.71. The van der Waals surface area contributed by atoms with Crippen LogP contribution in [0, 0.1) is 11.3 Å². The zero-order valence-corrected chi connectivity index (χ0v) is 9.41. The van der Waals surface area contributed by atoms with Crippen molar-refractivity contribution in [3.05, 3.63) is 48.3 Å². The molecule has 4 nitrogen and oxygen atoms in total. The molecule has 0 aliphatic rings. The van der Waals surface area contributed by atoms with Gasteiger partial charge in [0.1, 0.15) is 5.75 Å². The van der Waals surface area contributed by atoms with Gasteiger partial charge in [-0.25, -0.2) is 0 Å². The van der Waals surface area contributed by atoms with Crippen molar-refractivity contribution in [3.63, 3.8) is 0 Å². The number of ether oxygens (including phenoxy) is 1. The van der Waals surface area contributed by atoms with Crippen LogP contribution in [-0.4, -0.2) is 16.4 Å². The number of nitrogens with zero attached hydrogens (tertiary/aromatic N) is 3. The molecule has 17 heavy (non-hydrogen) atoms. The van der Waals surface area contributed by atoms with Crippen LogP contribution in [0.25, 0.3) is 0 Å². The van der Waals surface area contributed by atoms with Crippen LogP contribution in [-0.2, 0) is 6.54 Å². The third-order valence-electron chi connectivity index (χ3n) is 2.34. The average Bonchev–Trinajstić information content (AvgIpc) is 2.88. The second-order valence-corrected chi connectivity index (χ2v) is 3.61. The molecule has 1 aromatic carbocycles. The summed E-state index contributed by atoms with van der Waals surface area (Å²) in [6.07, 6.45) is 4.60. The lowest BCUT2D eigenvalue weighted by molar-refractivity contribution is 0.298. The minimum atomic E-state index is 0.645. The molecule has 0 aliphatic heterocycles. The van der Waals surface area contributed by atoms with Gasteiger partial charge in [0.05, 0.1) is 18.2 Å². The Kier molecular flexibility index (Phi) is 3.77. The van der Waals surface area contributed by atoms with Crippen molar-refractivity contribution in [2.45, 2.75) is 13.0 Å². The van der Waals surface area contributed by atoms with E-state index in [1.54, 1.807) is 18.3 Å². The van der Waals surface area contributed by atoms with Gasteiger partial charge in [-0.3, -0.25) is 4.68 Å². The monoisotopic (exact) mass is 227 g/mol. The Bertz CT molecular complexity index is 482. The fourth-order valence-electron chi connectivity index (χ4n) is 1.47. The van der Waals surface area contributed by atoms with Gasteiger partial charge in [-0.05, 0) is 30.3 Å². The molecule has 0 fully saturated rings. The Labute approximate surface area is 100 Å². The molecular weight excluding hydrogens is 214 g/mol. The molecule has 0 saturated carbocycles. The summed E-state index contributed by atoms with van der Waals surface area (Å²) in [6, 6.07) is 11.1. The summed E-state index contributed by atoms with van der Waals surface area (Å²) in [5.74, 6) is 0.796. The fraction of sp³-hybridized carbons (Fsp3) is 0.231. The molecule has 1 aromatic heterocycles. The summed E-state index contributed by atoms with van der Waals surface area (Å²) in [5.41, 5.74) is 0.647. The minimum absolute atomic E-state index is 0.645. The smallest absolute Gasteiger partial charge is 0.119 e. The maximum absolute atomic E-state index is 8.65. The van der Waals surface area contributed by atoms with Gasteiger partial charge in [-0.15, -0.1) is 0 Å². The quantitative estimate of drug-likeness (QED) is 0.736. The van der Waals surface area contributed by atoms with Gasteiger partial charge in [-0.2, -0.15) is 10.4 Å². The molecular formula is C13H13N3O. The van der Waals surface area contributed by atoms with Crippen LogP contribution in [0.15, 0.2) is 42.7 Å². The maximum Gasteiger partial charge on any atom is 0.119 e. The van der Waals surface area contributed by atoms with Crippen LogP contribution in [0.5, 0.6) is 5.75 Å². The standard InChI is InChI=1S/C13H13N3O/c14-11-12-3-5-13(6-4-12)17-10-2-9-16-8-1-7-15-16/h1,3-8H,2,9-10H2. The third kappa shape index (κ3) is 3.35. The Morgan fingerprint density at radius 1 is 1.29 bits per heavy atom. The largest absolute Gasteiger partial charge is 0.494 e. The lowest BCUT2D eigenvalue weighted by Gasteiger charge is -2.06. The number of rotatable bonds is 5. The molecule has 0 atom stereocenters. The molecule has 0 bridgehead atoms. The van der Waals surface area contributed by atoms with Crippen molar-refractivity contribution in [1.29, 1.82) is 5.26 Å². The molecule has 0 spiro atoms. The van der Waals surface area contributed by atoms with Gasteiger partial charge in [0, 0.05) is 25.4 Å². The molecule has 4 heteroatoms. The first-order valence-electron chi connectivity index (χ1n) is 5.49. The van der Waals surface area contributed by atoms with Gasteiger partial charge in [0.15, 0.2) is 0 Å². The molecule has 0 amide bonds. The molecule has 0 radical (unpaired) electrons. The first-order valence-corrected chi connectivity index (χ1v) is 5.49. The summed E-state index contributed by atoms with van der Waals surface area (Å²) in [7, 11) is 0. The molecule has 0 unspecified atom stereocenters. The Morgan fingerprint density at radius 3 is 2.76 bits per heavy atom. The van der Waals surface area contributed by atoms with Crippen molar-refractivity contribution >= 4 is 0 Å². The number of aromatic nitrogens is 2. The van der Waals surface area contributed by atoms with Crippen molar-refractivity contribution in [1.82, 2.24) is 9.78 Å². The summed E-state index contributed by atoms with van der Waals surface area (Å²) in [4.78, 5) is 0. The van der Waals surface area contributed by atoms with E-state index in [4.69, 9.17) is 10.00 Å². The van der Waals surface area contributed by atoms with Crippen LogP contribution < -0.4 is 4.74 Å². The first kappa shape index (κ1) is 11.2. The van der Waals surface area contributed by atoms with E-state index < -0.39 is 0 Å². The van der Waals surface area contributed by atoms with E-state index in [0.717, 1.165) is 18.7 Å². The van der Waals surface area contributed by atoms with E-state index in [1.165, 1.54) is 0 Å². The van der Waals surface area contributed by atoms with E-state index >= 15 is 0 Å². The zero-order valence-electron chi connectivity index (χ0n) is 9.41. The number of nitriles is 1. The molecule has 0 aliphatic carbocycles. The summed E-state index contributed by atoms with van der Waals surface area (Å²) < 4.78 is 7.43. The summed E-state index contributed by atoms with van der Waals surface area (Å²) >= 11 is 0. The molecule has 0 saturated heterocycles. The van der Waals surface area contributed by atoms with Gasteiger partial charge < -0.3 is 4.74 Å². The summed E-state index contributed by atoms with van der Waals surface area (Å²) in [5, 5.41) is 12.8. The van der Waals surface area contributed by atoms with Crippen LogP contribution in [0.3, 0.4) is 0 Å². The Morgan fingerprint density at radius 2 is 2.12 bits per heavy atom. The maximum atomic E-state index is 8.65. The highest BCUT2D eigenvalue weighted by Crippen LogP contribution is 2.11. The predicted molar refractivity (Wildman–Crippen MR) is 63.5 cm³/mol. The Hall–Kier alpha value is -2.28. The number of hydrogen-bond donors (Lipinski definition) is 0. The van der Waals surface area contributed by atoms with Crippen LogP contribution in [0.2, 0.25) is 0 Å². The van der Waals surface area contributed by atoms with Gasteiger partial charge in [0.25, 0.3) is 0 Å². The van der Waals surface area contributed by atoms with Gasteiger partial charge in [-0.1, -0.05) is 0 Å². The number of benzene rings is 1. The van der Waals surface area contributed by atoms with Crippen molar-refractivity contribution in [3.8, 4) is 11.8 Å². The highest BCUT2D eigenvalue weighted by Gasteiger charge is 1.95. The second-order valence-electron chi connectivity index (χ2n) is 3.61. The predicted octanol–water partition coefficient (Wildman–Crippen LogP) is 2.22. The normalized spacial score (nSPS) is 9.82. The Balaban J connectivity index is 1.73. The van der Waals surface area contributed by atoms with E-state index in [9.17, 15) is 0 Å². The molecule has 2 rings (SSSR count). The van der Waals surface area contributed by atoms with Crippen molar-refractivity contribution < 1.29 is 4.74 Å². The zero-order chi connectivity index (χ0) is 11.9. The SMILES string of the molecule is N#Cc1ccc(OCCCn2cccn2)cc1. The van der Waals surface area contributed by atoms with Crippen LogP contribution in [0.1, 0.15) is 12.0 Å². The summed E-state index contributed by atoms with van der Waals surface area (Å²) in [6.45, 7) is 1.50. The first-order chi connectivity index (χ1) is 8.38. The van der Waals surface area contributed by atoms with E-state index in [1.807, 2.05) is 29.1 Å². The van der Waals surface area contributed by atoms with Crippen molar-refractivity contribution in [2.24, 2.45) is 0 Å².